The number of hydrogen-bond donors (Lipinski definition) is 1. The molecule has 0 aromatic heterocycles. The Hall–Kier alpha value is -2.73. The lowest BCUT2D eigenvalue weighted by Gasteiger charge is -2.28. The predicted molar refractivity (Wildman–Crippen MR) is 106 cm³/mol. The number of carbonyl (C=O) groups excluding carboxylic acids is 2. The van der Waals surface area contributed by atoms with Gasteiger partial charge in [-0.2, -0.15) is 0 Å². The zero-order valence-electron chi connectivity index (χ0n) is 15.9. The van der Waals surface area contributed by atoms with E-state index in [0.29, 0.717) is 22.9 Å². The van der Waals surface area contributed by atoms with E-state index in [1.165, 1.54) is 0 Å². The zero-order valence-corrected chi connectivity index (χ0v) is 16.7. The molecule has 0 saturated carbocycles. The molecular weight excluding hydrogens is 380 g/mol. The summed E-state index contributed by atoms with van der Waals surface area (Å²) in [5.74, 6) is 1.07. The first-order chi connectivity index (χ1) is 13.5. The van der Waals surface area contributed by atoms with Crippen LogP contribution in [-0.4, -0.2) is 36.6 Å². The van der Waals surface area contributed by atoms with Crippen molar-refractivity contribution >= 4 is 23.4 Å². The van der Waals surface area contributed by atoms with Gasteiger partial charge in [0.1, 0.15) is 6.04 Å². The molecule has 2 aromatic rings. The molecule has 0 unspecified atom stereocenters. The second kappa shape index (κ2) is 8.97. The van der Waals surface area contributed by atoms with Gasteiger partial charge in [-0.25, -0.2) is 0 Å². The Kier molecular flexibility index (Phi) is 6.41. The molecule has 1 atom stereocenters. The highest BCUT2D eigenvalue weighted by molar-refractivity contribution is 6.31. The second-order valence-corrected chi connectivity index (χ2v) is 7.00. The summed E-state index contributed by atoms with van der Waals surface area (Å²) >= 11 is 6.25. The molecule has 0 bridgehead atoms. The third-order valence-electron chi connectivity index (χ3n) is 4.78. The van der Waals surface area contributed by atoms with Crippen LogP contribution < -0.4 is 14.8 Å². The molecule has 3 rings (SSSR count). The van der Waals surface area contributed by atoms with Gasteiger partial charge in [0.25, 0.3) is 0 Å². The average Bonchev–Trinajstić information content (AvgIpc) is 3.18. The minimum absolute atomic E-state index is 0.117. The molecule has 28 heavy (non-hydrogen) atoms. The van der Waals surface area contributed by atoms with Gasteiger partial charge >= 0.3 is 0 Å². The number of nitrogens with one attached hydrogen (secondary N) is 1. The Morgan fingerprint density at radius 2 is 1.93 bits per heavy atom. The van der Waals surface area contributed by atoms with Crippen molar-refractivity contribution in [2.45, 2.75) is 32.4 Å². The molecule has 1 N–H and O–H groups in total. The van der Waals surface area contributed by atoms with Crippen LogP contribution in [0, 0.1) is 0 Å². The van der Waals surface area contributed by atoms with Crippen molar-refractivity contribution in [1.82, 2.24) is 10.2 Å². The molecule has 1 aliphatic rings. The summed E-state index contributed by atoms with van der Waals surface area (Å²) in [6.07, 6.45) is 0.806. The molecule has 1 aliphatic heterocycles. The molecular formula is C21H23ClN2O4. The molecule has 7 heteroatoms. The van der Waals surface area contributed by atoms with Gasteiger partial charge in [-0.05, 0) is 42.7 Å². The summed E-state index contributed by atoms with van der Waals surface area (Å²) in [7, 11) is 1.56. The van der Waals surface area contributed by atoms with E-state index in [4.69, 9.17) is 21.1 Å². The minimum atomic E-state index is -0.606. The van der Waals surface area contributed by atoms with Crippen LogP contribution in [0.4, 0.5) is 0 Å². The van der Waals surface area contributed by atoms with Crippen molar-refractivity contribution in [2.24, 2.45) is 0 Å². The number of likely N-dealkylation sites (N-methyl/N-ethyl adjacent to an activating group) is 1. The molecule has 0 fully saturated rings. The van der Waals surface area contributed by atoms with Crippen LogP contribution in [0.1, 0.15) is 24.5 Å². The Morgan fingerprint density at radius 1 is 1.18 bits per heavy atom. The van der Waals surface area contributed by atoms with Gasteiger partial charge in [-0.3, -0.25) is 9.59 Å². The number of hydrogen-bond acceptors (Lipinski definition) is 4. The molecule has 2 amide bonds. The summed E-state index contributed by atoms with van der Waals surface area (Å²) < 4.78 is 10.7. The zero-order chi connectivity index (χ0) is 20.1. The van der Waals surface area contributed by atoms with Crippen LogP contribution in [0.2, 0.25) is 5.02 Å². The van der Waals surface area contributed by atoms with Crippen molar-refractivity contribution in [3.8, 4) is 11.5 Å². The maximum atomic E-state index is 13.0. The van der Waals surface area contributed by atoms with Crippen LogP contribution >= 0.6 is 11.6 Å². The summed E-state index contributed by atoms with van der Waals surface area (Å²) in [4.78, 5) is 26.7. The fourth-order valence-electron chi connectivity index (χ4n) is 3.09. The van der Waals surface area contributed by atoms with Gasteiger partial charge in [0.15, 0.2) is 11.5 Å². The smallest absolute Gasteiger partial charge is 0.242 e. The van der Waals surface area contributed by atoms with Gasteiger partial charge < -0.3 is 19.7 Å². The lowest BCUT2D eigenvalue weighted by molar-refractivity contribution is -0.140. The maximum absolute atomic E-state index is 13.0. The van der Waals surface area contributed by atoms with Crippen LogP contribution in [0.15, 0.2) is 42.5 Å². The maximum Gasteiger partial charge on any atom is 0.242 e. The Labute approximate surface area is 169 Å². The first kappa shape index (κ1) is 20.0. The summed E-state index contributed by atoms with van der Waals surface area (Å²) in [6, 6.07) is 12.4. The van der Waals surface area contributed by atoms with E-state index >= 15 is 0 Å². The van der Waals surface area contributed by atoms with E-state index in [0.717, 1.165) is 11.1 Å². The molecule has 6 nitrogen and oxygen atoms in total. The fraction of sp³-hybridized carbons (Fsp3) is 0.333. The molecule has 2 aromatic carbocycles. The van der Waals surface area contributed by atoms with Gasteiger partial charge in [0.05, 0.1) is 0 Å². The summed E-state index contributed by atoms with van der Waals surface area (Å²) in [6.45, 7) is 2.20. The van der Waals surface area contributed by atoms with E-state index in [1.54, 1.807) is 24.9 Å². The third-order valence-corrected chi connectivity index (χ3v) is 5.15. The highest BCUT2D eigenvalue weighted by atomic mass is 35.5. The van der Waals surface area contributed by atoms with E-state index in [1.807, 2.05) is 36.4 Å². The Balaban J connectivity index is 1.72. The SMILES string of the molecule is CNC(=O)[C@@H](C)N(Cc1ccccc1Cl)C(=O)CCc1ccc2c(c1)OCO2. The number of halogens is 1. The van der Waals surface area contributed by atoms with Gasteiger partial charge in [0, 0.05) is 25.0 Å². The first-order valence-corrected chi connectivity index (χ1v) is 9.50. The third kappa shape index (κ3) is 4.57. The quantitative estimate of drug-likeness (QED) is 0.772. The second-order valence-electron chi connectivity index (χ2n) is 6.59. The molecule has 0 saturated heterocycles. The number of ether oxygens (including phenoxy) is 2. The van der Waals surface area contributed by atoms with E-state index in [9.17, 15) is 9.59 Å². The molecule has 0 aliphatic carbocycles. The summed E-state index contributed by atoms with van der Waals surface area (Å²) in [5, 5.41) is 3.18. The molecule has 0 radical (unpaired) electrons. The molecule has 148 valence electrons. The lowest BCUT2D eigenvalue weighted by atomic mass is 10.1. The number of benzene rings is 2. The van der Waals surface area contributed by atoms with E-state index < -0.39 is 6.04 Å². The standard InChI is InChI=1S/C21H23ClN2O4/c1-14(21(26)23-2)24(12-16-5-3-4-6-17(16)22)20(25)10-8-15-7-9-18-19(11-15)28-13-27-18/h3-7,9,11,14H,8,10,12-13H2,1-2H3,(H,23,26)/t14-/m1/s1. The Morgan fingerprint density at radius 3 is 2.68 bits per heavy atom. The van der Waals surface area contributed by atoms with Crippen molar-refractivity contribution in [3.63, 3.8) is 0 Å². The predicted octanol–water partition coefficient (Wildman–Crippen LogP) is 3.16. The molecule has 0 spiro atoms. The number of rotatable bonds is 7. The highest BCUT2D eigenvalue weighted by Crippen LogP contribution is 2.32. The fourth-order valence-corrected chi connectivity index (χ4v) is 3.29. The van der Waals surface area contributed by atoms with Crippen LogP contribution in [-0.2, 0) is 22.6 Å². The van der Waals surface area contributed by atoms with Crippen molar-refractivity contribution in [2.75, 3.05) is 13.8 Å². The normalized spacial score (nSPS) is 13.1. The number of fused-ring (bicyclic) bond motifs is 1. The average molecular weight is 403 g/mol. The van der Waals surface area contributed by atoms with Gasteiger partial charge in [-0.15, -0.1) is 0 Å². The van der Waals surface area contributed by atoms with Crippen LogP contribution in [0.3, 0.4) is 0 Å². The summed E-state index contributed by atoms with van der Waals surface area (Å²) in [5.41, 5.74) is 1.78. The highest BCUT2D eigenvalue weighted by Gasteiger charge is 2.26. The number of carbonyl (C=O) groups is 2. The number of nitrogens with zero attached hydrogens (tertiary/aromatic N) is 1. The van der Waals surface area contributed by atoms with Crippen molar-refractivity contribution in [3.05, 3.63) is 58.6 Å². The van der Waals surface area contributed by atoms with Crippen LogP contribution in [0.25, 0.3) is 0 Å². The van der Waals surface area contributed by atoms with Gasteiger partial charge in [-0.1, -0.05) is 35.9 Å². The molecule has 1 heterocycles. The lowest BCUT2D eigenvalue weighted by Crippen LogP contribution is -2.46. The largest absolute Gasteiger partial charge is 0.454 e. The first-order valence-electron chi connectivity index (χ1n) is 9.12. The van der Waals surface area contributed by atoms with Crippen molar-refractivity contribution in [1.29, 1.82) is 0 Å². The van der Waals surface area contributed by atoms with Crippen molar-refractivity contribution < 1.29 is 19.1 Å². The number of amides is 2. The minimum Gasteiger partial charge on any atom is -0.454 e. The van der Waals surface area contributed by atoms with Gasteiger partial charge in [0.2, 0.25) is 18.6 Å². The van der Waals surface area contributed by atoms with Crippen LogP contribution in [0.5, 0.6) is 11.5 Å². The Bertz CT molecular complexity index is 871. The van der Waals surface area contributed by atoms with E-state index in [2.05, 4.69) is 5.32 Å². The topological polar surface area (TPSA) is 67.9 Å². The number of aryl methyl sites for hydroxylation is 1. The van der Waals surface area contributed by atoms with E-state index in [-0.39, 0.29) is 31.6 Å². The monoisotopic (exact) mass is 402 g/mol.